The minimum Gasteiger partial charge on any atom is -0.462 e. The number of rotatable bonds is 7. The quantitative estimate of drug-likeness (QED) is 0.757. The maximum absolute atomic E-state index is 12.9. The van der Waals surface area contributed by atoms with Crippen molar-refractivity contribution in [1.82, 2.24) is 5.32 Å². The van der Waals surface area contributed by atoms with E-state index in [0.717, 1.165) is 11.3 Å². The first-order valence-corrected chi connectivity index (χ1v) is 8.05. The smallest absolute Gasteiger partial charge is 0.338 e. The third kappa shape index (κ3) is 5.60. The van der Waals surface area contributed by atoms with Crippen molar-refractivity contribution in [2.45, 2.75) is 19.9 Å². The van der Waals surface area contributed by atoms with Gasteiger partial charge in [0, 0.05) is 5.69 Å². The second-order valence-corrected chi connectivity index (χ2v) is 5.49. The zero-order valence-corrected chi connectivity index (χ0v) is 14.2. The van der Waals surface area contributed by atoms with Gasteiger partial charge in [0.15, 0.2) is 0 Å². The molecule has 1 unspecified atom stereocenters. The third-order valence-corrected chi connectivity index (χ3v) is 3.60. The van der Waals surface area contributed by atoms with Crippen LogP contribution in [0.1, 0.15) is 35.8 Å². The van der Waals surface area contributed by atoms with Crippen LogP contribution >= 0.6 is 0 Å². The van der Waals surface area contributed by atoms with Crippen LogP contribution in [0, 0.1) is 5.82 Å². The number of hydrogen-bond acceptors (Lipinski definition) is 4. The Morgan fingerprint density at radius 1 is 1.08 bits per heavy atom. The molecule has 1 atom stereocenters. The second kappa shape index (κ2) is 8.82. The highest BCUT2D eigenvalue weighted by Gasteiger charge is 2.10. The molecule has 5 nitrogen and oxygen atoms in total. The van der Waals surface area contributed by atoms with Crippen molar-refractivity contribution in [3.05, 3.63) is 65.5 Å². The van der Waals surface area contributed by atoms with E-state index in [1.807, 2.05) is 6.92 Å². The first kappa shape index (κ1) is 18.4. The normalized spacial score (nSPS) is 11.5. The molecule has 0 heterocycles. The highest BCUT2D eigenvalue weighted by atomic mass is 19.1. The first-order chi connectivity index (χ1) is 12.0. The molecule has 0 bridgehead atoms. The van der Waals surface area contributed by atoms with Gasteiger partial charge in [0.05, 0.1) is 24.8 Å². The van der Waals surface area contributed by atoms with Gasteiger partial charge in [0.1, 0.15) is 5.82 Å². The molecule has 2 aromatic carbocycles. The van der Waals surface area contributed by atoms with Crippen molar-refractivity contribution in [2.24, 2.45) is 0 Å². The van der Waals surface area contributed by atoms with Crippen LogP contribution in [-0.4, -0.2) is 25.0 Å². The molecule has 0 spiro atoms. The lowest BCUT2D eigenvalue weighted by molar-refractivity contribution is -0.120. The number of amides is 1. The van der Waals surface area contributed by atoms with E-state index in [1.165, 1.54) is 12.1 Å². The summed E-state index contributed by atoms with van der Waals surface area (Å²) in [5, 5.41) is 5.82. The Morgan fingerprint density at radius 2 is 1.72 bits per heavy atom. The Morgan fingerprint density at radius 3 is 2.32 bits per heavy atom. The van der Waals surface area contributed by atoms with E-state index in [2.05, 4.69) is 10.6 Å². The topological polar surface area (TPSA) is 67.4 Å². The highest BCUT2D eigenvalue weighted by Crippen LogP contribution is 2.13. The minimum absolute atomic E-state index is 0.0876. The van der Waals surface area contributed by atoms with Crippen LogP contribution in [-0.2, 0) is 9.53 Å². The van der Waals surface area contributed by atoms with Crippen LogP contribution in [0.4, 0.5) is 10.1 Å². The molecule has 6 heteroatoms. The molecule has 132 valence electrons. The number of hydrogen-bond donors (Lipinski definition) is 2. The van der Waals surface area contributed by atoms with Crippen molar-refractivity contribution in [3.8, 4) is 0 Å². The average Bonchev–Trinajstić information content (AvgIpc) is 2.61. The molecule has 1 amide bonds. The zero-order chi connectivity index (χ0) is 18.2. The Hall–Kier alpha value is -2.89. The summed E-state index contributed by atoms with van der Waals surface area (Å²) in [6.07, 6.45) is 0. The molecule has 2 rings (SSSR count). The lowest BCUT2D eigenvalue weighted by atomic mass is 10.1. The van der Waals surface area contributed by atoms with Gasteiger partial charge < -0.3 is 15.4 Å². The van der Waals surface area contributed by atoms with Crippen LogP contribution in [0.5, 0.6) is 0 Å². The van der Waals surface area contributed by atoms with Gasteiger partial charge >= 0.3 is 5.97 Å². The van der Waals surface area contributed by atoms with Crippen LogP contribution < -0.4 is 10.6 Å². The summed E-state index contributed by atoms with van der Waals surface area (Å²) in [4.78, 5) is 23.6. The Bertz CT molecular complexity index is 714. The zero-order valence-electron chi connectivity index (χ0n) is 14.2. The van der Waals surface area contributed by atoms with Crippen molar-refractivity contribution in [1.29, 1.82) is 0 Å². The molecule has 0 saturated carbocycles. The van der Waals surface area contributed by atoms with Gasteiger partial charge in [0.2, 0.25) is 5.91 Å². The van der Waals surface area contributed by atoms with Crippen molar-refractivity contribution in [2.75, 3.05) is 18.5 Å². The number of ether oxygens (including phenoxy) is 1. The molecule has 0 aliphatic rings. The molecule has 0 fully saturated rings. The number of halogens is 1. The van der Waals surface area contributed by atoms with Crippen LogP contribution in [0.25, 0.3) is 0 Å². The number of carbonyl (C=O) groups is 2. The SMILES string of the molecule is CCOC(=O)c1ccc(NCC(=O)NC(C)c2ccc(F)cc2)cc1. The molecule has 0 saturated heterocycles. The van der Waals surface area contributed by atoms with Crippen molar-refractivity contribution >= 4 is 17.6 Å². The number of benzene rings is 2. The molecule has 0 radical (unpaired) electrons. The summed E-state index contributed by atoms with van der Waals surface area (Å²) < 4.78 is 17.8. The monoisotopic (exact) mass is 344 g/mol. The summed E-state index contributed by atoms with van der Waals surface area (Å²) in [6.45, 7) is 3.99. The van der Waals surface area contributed by atoms with Gasteiger partial charge in [-0.2, -0.15) is 0 Å². The summed E-state index contributed by atoms with van der Waals surface area (Å²) in [6, 6.07) is 12.5. The molecule has 2 aromatic rings. The fourth-order valence-electron chi connectivity index (χ4n) is 2.25. The van der Waals surface area contributed by atoms with Crippen LogP contribution in [0.15, 0.2) is 48.5 Å². The Labute approximate surface area is 146 Å². The summed E-state index contributed by atoms with van der Waals surface area (Å²) in [5.74, 6) is -0.874. The maximum atomic E-state index is 12.9. The van der Waals surface area contributed by atoms with E-state index in [4.69, 9.17) is 4.74 Å². The van der Waals surface area contributed by atoms with E-state index in [9.17, 15) is 14.0 Å². The number of carbonyl (C=O) groups excluding carboxylic acids is 2. The lowest BCUT2D eigenvalue weighted by Gasteiger charge is -2.15. The van der Waals surface area contributed by atoms with Gasteiger partial charge in [0.25, 0.3) is 0 Å². The van der Waals surface area contributed by atoms with E-state index in [0.29, 0.717) is 12.2 Å². The standard InChI is InChI=1S/C19H21FN2O3/c1-3-25-19(24)15-6-10-17(11-7-15)21-12-18(23)22-13(2)14-4-8-16(20)9-5-14/h4-11,13,21H,3,12H2,1-2H3,(H,22,23). The molecule has 0 aromatic heterocycles. The predicted octanol–water partition coefficient (Wildman–Crippen LogP) is 3.29. The van der Waals surface area contributed by atoms with E-state index in [1.54, 1.807) is 43.3 Å². The third-order valence-electron chi connectivity index (χ3n) is 3.60. The summed E-state index contributed by atoms with van der Waals surface area (Å²) >= 11 is 0. The molecule has 0 aliphatic heterocycles. The molecular formula is C19H21FN2O3. The van der Waals surface area contributed by atoms with Gasteiger partial charge in [-0.1, -0.05) is 12.1 Å². The summed E-state index contributed by atoms with van der Waals surface area (Å²) in [5.41, 5.74) is 2.01. The Balaban J connectivity index is 1.83. The largest absolute Gasteiger partial charge is 0.462 e. The van der Waals surface area contributed by atoms with E-state index < -0.39 is 0 Å². The number of nitrogens with one attached hydrogen (secondary N) is 2. The van der Waals surface area contributed by atoms with E-state index in [-0.39, 0.29) is 30.3 Å². The Kier molecular flexibility index (Phi) is 6.51. The van der Waals surface area contributed by atoms with Gasteiger partial charge in [-0.15, -0.1) is 0 Å². The lowest BCUT2D eigenvalue weighted by Crippen LogP contribution is -2.32. The molecule has 2 N–H and O–H groups in total. The van der Waals surface area contributed by atoms with Crippen LogP contribution in [0.2, 0.25) is 0 Å². The van der Waals surface area contributed by atoms with Crippen LogP contribution in [0.3, 0.4) is 0 Å². The number of anilines is 1. The van der Waals surface area contributed by atoms with Crippen molar-refractivity contribution < 1.29 is 18.7 Å². The average molecular weight is 344 g/mol. The maximum Gasteiger partial charge on any atom is 0.338 e. The van der Waals surface area contributed by atoms with Gasteiger partial charge in [-0.25, -0.2) is 9.18 Å². The fraction of sp³-hybridized carbons (Fsp3) is 0.263. The minimum atomic E-state index is -0.375. The van der Waals surface area contributed by atoms with E-state index >= 15 is 0 Å². The predicted molar refractivity (Wildman–Crippen MR) is 93.8 cm³/mol. The van der Waals surface area contributed by atoms with Gasteiger partial charge in [-0.05, 0) is 55.8 Å². The first-order valence-electron chi connectivity index (χ1n) is 8.05. The molecule has 0 aliphatic carbocycles. The molecular weight excluding hydrogens is 323 g/mol. The molecule has 25 heavy (non-hydrogen) atoms. The fourth-order valence-corrected chi connectivity index (χ4v) is 2.25. The van der Waals surface area contributed by atoms with Gasteiger partial charge in [-0.3, -0.25) is 4.79 Å². The number of esters is 1. The second-order valence-electron chi connectivity index (χ2n) is 5.49. The summed E-state index contributed by atoms with van der Waals surface area (Å²) in [7, 11) is 0. The van der Waals surface area contributed by atoms with Crippen molar-refractivity contribution in [3.63, 3.8) is 0 Å². The highest BCUT2D eigenvalue weighted by molar-refractivity contribution is 5.90.